The largest absolute Gasteiger partial charge is 0.491 e. The van der Waals surface area contributed by atoms with Gasteiger partial charge in [0, 0.05) is 13.0 Å². The summed E-state index contributed by atoms with van der Waals surface area (Å²) in [6, 6.07) is 20.8. The normalized spacial score (nSPS) is 16.0. The average molecular weight is 576 g/mol. The lowest BCUT2D eigenvalue weighted by Crippen LogP contribution is -2.43. The topological polar surface area (TPSA) is 106 Å². The van der Waals surface area contributed by atoms with E-state index in [4.69, 9.17) is 9.47 Å². The second-order valence-corrected chi connectivity index (χ2v) is 10.3. The number of anilines is 1. The van der Waals surface area contributed by atoms with Gasteiger partial charge < -0.3 is 25.4 Å². The third-order valence-electron chi connectivity index (χ3n) is 6.96. The highest BCUT2D eigenvalue weighted by molar-refractivity contribution is 5.98. The van der Waals surface area contributed by atoms with Crippen LogP contribution in [0.1, 0.15) is 50.5 Å². The van der Waals surface area contributed by atoms with E-state index in [1.807, 2.05) is 48.5 Å². The minimum atomic E-state index is -0.721. The van der Waals surface area contributed by atoms with E-state index in [1.54, 1.807) is 12.1 Å². The zero-order valence-electron chi connectivity index (χ0n) is 23.7. The monoisotopic (exact) mass is 575 g/mol. The van der Waals surface area contributed by atoms with Crippen molar-refractivity contribution < 1.29 is 28.2 Å². The highest BCUT2D eigenvalue weighted by Gasteiger charge is 2.22. The summed E-state index contributed by atoms with van der Waals surface area (Å²) in [6.45, 7) is 1.02. The van der Waals surface area contributed by atoms with Gasteiger partial charge in [0.25, 0.3) is 0 Å². The molecule has 8 nitrogen and oxygen atoms in total. The maximum Gasteiger partial charge on any atom is 0.247 e. The molecule has 3 aromatic carbocycles. The van der Waals surface area contributed by atoms with E-state index in [9.17, 15) is 18.8 Å². The molecule has 42 heavy (non-hydrogen) atoms. The van der Waals surface area contributed by atoms with Gasteiger partial charge in [-0.15, -0.1) is 0 Å². The van der Waals surface area contributed by atoms with Gasteiger partial charge in [-0.2, -0.15) is 0 Å². The van der Waals surface area contributed by atoms with Gasteiger partial charge >= 0.3 is 0 Å². The third kappa shape index (κ3) is 9.99. The fourth-order valence-electron chi connectivity index (χ4n) is 4.66. The summed E-state index contributed by atoms with van der Waals surface area (Å²) in [5, 5.41) is 8.70. The number of fused-ring (bicyclic) bond motifs is 1. The van der Waals surface area contributed by atoms with E-state index in [0.717, 1.165) is 36.0 Å². The number of nitrogens with one attached hydrogen (secondary N) is 3. The van der Waals surface area contributed by atoms with Crippen molar-refractivity contribution in [3.63, 3.8) is 0 Å². The molecule has 0 aliphatic carbocycles. The summed E-state index contributed by atoms with van der Waals surface area (Å²) in [6.07, 6.45) is 4.39. The Kier molecular flexibility index (Phi) is 11.9. The molecule has 3 amide bonds. The molecule has 0 bridgehead atoms. The summed E-state index contributed by atoms with van der Waals surface area (Å²) in [5.74, 6) is -0.444. The van der Waals surface area contributed by atoms with E-state index in [2.05, 4.69) is 16.0 Å². The van der Waals surface area contributed by atoms with Gasteiger partial charge in [-0.3, -0.25) is 14.4 Å². The van der Waals surface area contributed by atoms with E-state index >= 15 is 0 Å². The number of rotatable bonds is 10. The van der Waals surface area contributed by atoms with Gasteiger partial charge in [0.2, 0.25) is 17.7 Å². The Labute approximate surface area is 246 Å². The molecular weight excluding hydrogens is 537 g/mol. The van der Waals surface area contributed by atoms with E-state index in [-0.39, 0.29) is 36.8 Å². The van der Waals surface area contributed by atoms with Crippen LogP contribution in [-0.4, -0.2) is 43.5 Å². The molecule has 3 aromatic rings. The lowest BCUT2D eigenvalue weighted by Gasteiger charge is -2.20. The average Bonchev–Trinajstić information content (AvgIpc) is 3.00. The van der Waals surface area contributed by atoms with Crippen LogP contribution in [0.5, 0.6) is 5.75 Å². The zero-order valence-corrected chi connectivity index (χ0v) is 23.7. The van der Waals surface area contributed by atoms with Crippen LogP contribution >= 0.6 is 0 Å². The van der Waals surface area contributed by atoms with Crippen molar-refractivity contribution in [3.8, 4) is 16.9 Å². The lowest BCUT2D eigenvalue weighted by atomic mass is 10.0. The number of benzene rings is 3. The quantitative estimate of drug-likeness (QED) is 0.282. The third-order valence-corrected chi connectivity index (χ3v) is 6.96. The Morgan fingerprint density at radius 1 is 0.952 bits per heavy atom. The summed E-state index contributed by atoms with van der Waals surface area (Å²) in [5.41, 5.74) is 3.31. The predicted octanol–water partition coefficient (Wildman–Crippen LogP) is 5.37. The van der Waals surface area contributed by atoms with Gasteiger partial charge in [0.15, 0.2) is 0 Å². The number of amides is 3. The van der Waals surface area contributed by atoms with Crippen molar-refractivity contribution in [2.75, 3.05) is 25.1 Å². The number of carbonyl (C=O) groups excluding carboxylic acids is 3. The van der Waals surface area contributed by atoms with Crippen LogP contribution in [-0.2, 0) is 25.7 Å². The van der Waals surface area contributed by atoms with Crippen LogP contribution in [0.25, 0.3) is 11.1 Å². The summed E-state index contributed by atoms with van der Waals surface area (Å²) < 4.78 is 24.4. The summed E-state index contributed by atoms with van der Waals surface area (Å²) in [4.78, 5) is 38.1. The molecule has 9 heteroatoms. The molecule has 222 valence electrons. The molecule has 0 saturated heterocycles. The summed E-state index contributed by atoms with van der Waals surface area (Å²) in [7, 11) is 0. The standard InChI is InChI=1S/C33H38FN3O5/c34-27-16-13-24(14-17-27)22-41-23-32(39)35-19-7-6-11-28-33(40)37-29-21-26(25-9-3-1-4-10-25)15-18-30(29)42-20-8-2-5-12-31(38)36-28/h1,3-4,9-10,13-18,21,28H,2,5-8,11-12,19-20,22-23H2,(H,35,39)(H,36,38)(H,37,40)/t28-/m0/s1. The number of unbranched alkanes of at least 4 members (excludes halogenated alkanes) is 1. The molecule has 0 radical (unpaired) electrons. The molecule has 1 atom stereocenters. The Morgan fingerprint density at radius 3 is 2.57 bits per heavy atom. The van der Waals surface area contributed by atoms with Crippen molar-refractivity contribution in [1.82, 2.24) is 10.6 Å². The van der Waals surface area contributed by atoms with Gasteiger partial charge in [-0.05, 0) is 79.5 Å². The van der Waals surface area contributed by atoms with Crippen molar-refractivity contribution in [2.45, 2.75) is 57.6 Å². The van der Waals surface area contributed by atoms with Crippen LogP contribution in [0.4, 0.5) is 10.1 Å². The van der Waals surface area contributed by atoms with Gasteiger partial charge in [-0.1, -0.05) is 48.5 Å². The molecule has 0 spiro atoms. The number of ether oxygens (including phenoxy) is 2. The zero-order chi connectivity index (χ0) is 29.6. The lowest BCUT2D eigenvalue weighted by molar-refractivity contribution is -0.126. The van der Waals surface area contributed by atoms with E-state index in [0.29, 0.717) is 50.3 Å². The van der Waals surface area contributed by atoms with Gasteiger partial charge in [0.05, 0.1) is 18.9 Å². The molecule has 1 aliphatic heterocycles. The number of hydrogen-bond donors (Lipinski definition) is 3. The van der Waals surface area contributed by atoms with Crippen molar-refractivity contribution in [1.29, 1.82) is 0 Å². The molecule has 3 N–H and O–H groups in total. The van der Waals surface area contributed by atoms with Crippen LogP contribution in [0.3, 0.4) is 0 Å². The maximum absolute atomic E-state index is 13.4. The van der Waals surface area contributed by atoms with Crippen LogP contribution < -0.4 is 20.7 Å². The fraction of sp³-hybridized carbons (Fsp3) is 0.364. The Balaban J connectivity index is 1.30. The molecule has 1 heterocycles. The second-order valence-electron chi connectivity index (χ2n) is 10.3. The Bertz CT molecular complexity index is 1320. The van der Waals surface area contributed by atoms with Gasteiger partial charge in [0.1, 0.15) is 24.2 Å². The molecular formula is C33H38FN3O5. The van der Waals surface area contributed by atoms with E-state index in [1.165, 1.54) is 12.1 Å². The minimum absolute atomic E-state index is 0.106. The molecule has 1 aliphatic rings. The molecule has 0 saturated carbocycles. The highest BCUT2D eigenvalue weighted by Crippen LogP contribution is 2.31. The van der Waals surface area contributed by atoms with E-state index < -0.39 is 6.04 Å². The second kappa shape index (κ2) is 16.3. The molecule has 0 fully saturated rings. The molecule has 4 rings (SSSR count). The van der Waals surface area contributed by atoms with Crippen molar-refractivity contribution >= 4 is 23.4 Å². The first-order chi connectivity index (χ1) is 20.5. The number of hydrogen-bond acceptors (Lipinski definition) is 5. The highest BCUT2D eigenvalue weighted by atomic mass is 19.1. The molecule has 0 unspecified atom stereocenters. The maximum atomic E-state index is 13.4. The first-order valence-corrected chi connectivity index (χ1v) is 14.5. The Morgan fingerprint density at radius 2 is 1.76 bits per heavy atom. The Hall–Kier alpha value is -4.24. The summed E-state index contributed by atoms with van der Waals surface area (Å²) >= 11 is 0. The van der Waals surface area contributed by atoms with Crippen molar-refractivity contribution in [3.05, 3.63) is 84.2 Å². The van der Waals surface area contributed by atoms with Crippen LogP contribution in [0.15, 0.2) is 72.8 Å². The molecule has 0 aromatic heterocycles. The van der Waals surface area contributed by atoms with Crippen LogP contribution in [0.2, 0.25) is 0 Å². The van der Waals surface area contributed by atoms with Crippen LogP contribution in [0, 0.1) is 5.82 Å². The van der Waals surface area contributed by atoms with Gasteiger partial charge in [-0.25, -0.2) is 4.39 Å². The van der Waals surface area contributed by atoms with Crippen molar-refractivity contribution in [2.24, 2.45) is 0 Å². The number of carbonyl (C=O) groups is 3. The number of halogens is 1. The predicted molar refractivity (Wildman–Crippen MR) is 159 cm³/mol. The minimum Gasteiger partial charge on any atom is -0.491 e. The SMILES string of the molecule is O=C(COCc1ccc(F)cc1)NCCCC[C@@H]1NC(=O)CCCCCOc2ccc(-c3ccccc3)cc2NC1=O. The first kappa shape index (κ1) is 30.7. The fourth-order valence-corrected chi connectivity index (χ4v) is 4.66. The smallest absolute Gasteiger partial charge is 0.247 e. The first-order valence-electron chi connectivity index (χ1n) is 14.5.